The van der Waals surface area contributed by atoms with Crippen molar-refractivity contribution >= 4 is 33.4 Å². The Bertz CT molecular complexity index is 759. The van der Waals surface area contributed by atoms with Crippen molar-refractivity contribution in [2.24, 2.45) is 0 Å². The maximum absolute atomic E-state index is 12.3. The standard InChI is InChI=1S/C17H16BrN3O2/c1-3-7-20-16(22)12-6-8-19-15(9-12)17(23)21-13-5-4-11(2)14(18)10-13/h3-6,8-10H,1,7H2,2H3,(H,20,22)(H,21,23). The van der Waals surface area contributed by atoms with Gasteiger partial charge in [-0.25, -0.2) is 0 Å². The van der Waals surface area contributed by atoms with E-state index in [1.807, 2.05) is 19.1 Å². The van der Waals surface area contributed by atoms with Crippen LogP contribution < -0.4 is 10.6 Å². The van der Waals surface area contributed by atoms with Crippen molar-refractivity contribution in [3.05, 3.63) is 70.5 Å². The Morgan fingerprint density at radius 2 is 2.04 bits per heavy atom. The molecule has 0 saturated heterocycles. The van der Waals surface area contributed by atoms with Gasteiger partial charge < -0.3 is 10.6 Å². The Hall–Kier alpha value is -2.47. The first-order chi connectivity index (χ1) is 11.0. The third kappa shape index (κ3) is 4.50. The highest BCUT2D eigenvalue weighted by Crippen LogP contribution is 2.21. The molecule has 2 aromatic rings. The third-order valence-corrected chi connectivity index (χ3v) is 3.95. The molecule has 2 rings (SSSR count). The van der Waals surface area contributed by atoms with Gasteiger partial charge in [0, 0.05) is 28.5 Å². The number of rotatable bonds is 5. The Morgan fingerprint density at radius 1 is 1.26 bits per heavy atom. The van der Waals surface area contributed by atoms with Crippen LogP contribution in [0, 0.1) is 6.92 Å². The summed E-state index contributed by atoms with van der Waals surface area (Å²) >= 11 is 3.42. The van der Waals surface area contributed by atoms with E-state index in [0.717, 1.165) is 10.0 Å². The topological polar surface area (TPSA) is 71.1 Å². The number of anilines is 1. The molecular formula is C17H16BrN3O2. The fourth-order valence-electron chi connectivity index (χ4n) is 1.83. The summed E-state index contributed by atoms with van der Waals surface area (Å²) in [6.45, 7) is 5.86. The van der Waals surface area contributed by atoms with Gasteiger partial charge in [0.15, 0.2) is 0 Å². The highest BCUT2D eigenvalue weighted by molar-refractivity contribution is 9.10. The molecule has 0 aliphatic heterocycles. The van der Waals surface area contributed by atoms with E-state index in [1.54, 1.807) is 18.2 Å². The highest BCUT2D eigenvalue weighted by atomic mass is 79.9. The molecule has 6 heteroatoms. The summed E-state index contributed by atoms with van der Waals surface area (Å²) in [7, 11) is 0. The van der Waals surface area contributed by atoms with E-state index in [0.29, 0.717) is 17.8 Å². The third-order valence-electron chi connectivity index (χ3n) is 3.09. The molecule has 2 amide bonds. The Kier molecular flexibility index (Phi) is 5.65. The van der Waals surface area contributed by atoms with Crippen LogP contribution in [0.5, 0.6) is 0 Å². The van der Waals surface area contributed by atoms with Crippen molar-refractivity contribution in [2.75, 3.05) is 11.9 Å². The van der Waals surface area contributed by atoms with Crippen molar-refractivity contribution in [3.8, 4) is 0 Å². The second-order valence-corrected chi connectivity index (χ2v) is 5.70. The van der Waals surface area contributed by atoms with Crippen LogP contribution in [0.4, 0.5) is 5.69 Å². The Morgan fingerprint density at radius 3 is 2.74 bits per heavy atom. The quantitative estimate of drug-likeness (QED) is 0.789. The number of pyridine rings is 1. The van der Waals surface area contributed by atoms with E-state index in [4.69, 9.17) is 0 Å². The summed E-state index contributed by atoms with van der Waals surface area (Å²) < 4.78 is 0.904. The van der Waals surface area contributed by atoms with Gasteiger partial charge in [-0.2, -0.15) is 0 Å². The predicted octanol–water partition coefficient (Wildman–Crippen LogP) is 3.32. The van der Waals surface area contributed by atoms with Gasteiger partial charge in [-0.3, -0.25) is 14.6 Å². The summed E-state index contributed by atoms with van der Waals surface area (Å²) in [5.41, 5.74) is 2.27. The van der Waals surface area contributed by atoms with Gasteiger partial charge >= 0.3 is 0 Å². The van der Waals surface area contributed by atoms with Crippen molar-refractivity contribution in [1.82, 2.24) is 10.3 Å². The molecule has 118 valence electrons. The SMILES string of the molecule is C=CCNC(=O)c1ccnc(C(=O)Nc2ccc(C)c(Br)c2)c1. The minimum Gasteiger partial charge on any atom is -0.349 e. The van der Waals surface area contributed by atoms with Crippen LogP contribution in [0.25, 0.3) is 0 Å². The van der Waals surface area contributed by atoms with E-state index in [-0.39, 0.29) is 17.5 Å². The lowest BCUT2D eigenvalue weighted by atomic mass is 10.2. The molecule has 0 fully saturated rings. The molecule has 1 heterocycles. The number of hydrogen-bond donors (Lipinski definition) is 2. The molecule has 1 aromatic carbocycles. The highest BCUT2D eigenvalue weighted by Gasteiger charge is 2.12. The molecule has 0 spiro atoms. The van der Waals surface area contributed by atoms with Gasteiger partial charge in [0.1, 0.15) is 5.69 Å². The summed E-state index contributed by atoms with van der Waals surface area (Å²) in [4.78, 5) is 28.2. The number of nitrogens with zero attached hydrogens (tertiary/aromatic N) is 1. The van der Waals surface area contributed by atoms with E-state index in [2.05, 4.69) is 38.1 Å². The first kappa shape index (κ1) is 16.9. The number of carbonyl (C=O) groups excluding carboxylic acids is 2. The number of carbonyl (C=O) groups is 2. The molecule has 23 heavy (non-hydrogen) atoms. The van der Waals surface area contributed by atoms with Crippen LogP contribution in [0.15, 0.2) is 53.7 Å². The van der Waals surface area contributed by atoms with Crippen LogP contribution in [0.3, 0.4) is 0 Å². The number of hydrogen-bond acceptors (Lipinski definition) is 3. The van der Waals surface area contributed by atoms with Gasteiger partial charge in [-0.1, -0.05) is 28.1 Å². The van der Waals surface area contributed by atoms with Gasteiger partial charge in [0.05, 0.1) is 0 Å². The fraction of sp³-hybridized carbons (Fsp3) is 0.118. The zero-order valence-corrected chi connectivity index (χ0v) is 14.2. The number of aromatic nitrogens is 1. The molecule has 0 saturated carbocycles. The Labute approximate surface area is 142 Å². The number of nitrogens with one attached hydrogen (secondary N) is 2. The maximum Gasteiger partial charge on any atom is 0.274 e. The van der Waals surface area contributed by atoms with Crippen LogP contribution in [0.2, 0.25) is 0 Å². The number of amides is 2. The maximum atomic E-state index is 12.3. The van der Waals surface area contributed by atoms with Gasteiger partial charge in [0.2, 0.25) is 0 Å². The zero-order chi connectivity index (χ0) is 16.8. The molecule has 0 radical (unpaired) electrons. The van der Waals surface area contributed by atoms with Crippen LogP contribution in [-0.4, -0.2) is 23.3 Å². The first-order valence-electron chi connectivity index (χ1n) is 6.94. The average molecular weight is 374 g/mol. The molecular weight excluding hydrogens is 358 g/mol. The van der Waals surface area contributed by atoms with Gasteiger partial charge in [-0.15, -0.1) is 6.58 Å². The minimum atomic E-state index is -0.376. The molecule has 0 aliphatic rings. The fourth-order valence-corrected chi connectivity index (χ4v) is 2.21. The number of benzene rings is 1. The summed E-state index contributed by atoms with van der Waals surface area (Å²) in [5.74, 6) is -0.654. The average Bonchev–Trinajstić information content (AvgIpc) is 2.56. The monoisotopic (exact) mass is 373 g/mol. The molecule has 0 aliphatic carbocycles. The summed E-state index contributed by atoms with van der Waals surface area (Å²) in [6.07, 6.45) is 3.02. The molecule has 0 bridgehead atoms. The van der Waals surface area contributed by atoms with Gasteiger partial charge in [0.25, 0.3) is 11.8 Å². The molecule has 0 atom stereocenters. The summed E-state index contributed by atoms with van der Waals surface area (Å²) in [5, 5.41) is 5.41. The van der Waals surface area contributed by atoms with E-state index in [1.165, 1.54) is 12.3 Å². The van der Waals surface area contributed by atoms with E-state index < -0.39 is 0 Å². The van der Waals surface area contributed by atoms with Crippen molar-refractivity contribution in [3.63, 3.8) is 0 Å². The zero-order valence-electron chi connectivity index (χ0n) is 12.6. The first-order valence-corrected chi connectivity index (χ1v) is 7.73. The summed E-state index contributed by atoms with van der Waals surface area (Å²) in [6, 6.07) is 8.52. The lowest BCUT2D eigenvalue weighted by Crippen LogP contribution is -2.24. The second kappa shape index (κ2) is 7.69. The van der Waals surface area contributed by atoms with Crippen LogP contribution in [-0.2, 0) is 0 Å². The smallest absolute Gasteiger partial charge is 0.274 e. The molecule has 0 unspecified atom stereocenters. The second-order valence-electron chi connectivity index (χ2n) is 4.85. The number of halogens is 1. The molecule has 1 aromatic heterocycles. The lowest BCUT2D eigenvalue weighted by molar-refractivity contribution is 0.0958. The van der Waals surface area contributed by atoms with Crippen LogP contribution in [0.1, 0.15) is 26.4 Å². The minimum absolute atomic E-state index is 0.174. The number of aryl methyl sites for hydroxylation is 1. The van der Waals surface area contributed by atoms with E-state index in [9.17, 15) is 9.59 Å². The van der Waals surface area contributed by atoms with Crippen molar-refractivity contribution < 1.29 is 9.59 Å². The predicted molar refractivity (Wildman–Crippen MR) is 93.6 cm³/mol. The van der Waals surface area contributed by atoms with Gasteiger partial charge in [-0.05, 0) is 36.8 Å². The lowest BCUT2D eigenvalue weighted by Gasteiger charge is -2.08. The van der Waals surface area contributed by atoms with Crippen molar-refractivity contribution in [2.45, 2.75) is 6.92 Å². The largest absolute Gasteiger partial charge is 0.349 e. The molecule has 5 nitrogen and oxygen atoms in total. The van der Waals surface area contributed by atoms with Crippen molar-refractivity contribution in [1.29, 1.82) is 0 Å². The Balaban J connectivity index is 2.14. The van der Waals surface area contributed by atoms with E-state index >= 15 is 0 Å². The normalized spacial score (nSPS) is 10.0. The van der Waals surface area contributed by atoms with Crippen LogP contribution >= 0.6 is 15.9 Å². The molecule has 2 N–H and O–H groups in total.